The second kappa shape index (κ2) is 4.46. The largest absolute Gasteiger partial charge is 0.298 e. The van der Waals surface area contributed by atoms with Crippen LogP contribution in [0.2, 0.25) is 0 Å². The standard InChI is InChI=1S/C5H7BrN4OS/c1-2-3(6)4(11)7-5-8-9-10-12-5/h3H,2H2,1H3,(H,7,8,10,11). The molecule has 0 aliphatic carbocycles. The second-order valence-corrected chi connectivity index (χ2v) is 3.87. The van der Waals surface area contributed by atoms with E-state index < -0.39 is 0 Å². The lowest BCUT2D eigenvalue weighted by atomic mass is 10.3. The molecular weight excluding hydrogens is 244 g/mol. The van der Waals surface area contributed by atoms with Crippen molar-refractivity contribution in [2.75, 3.05) is 5.32 Å². The minimum atomic E-state index is -0.179. The van der Waals surface area contributed by atoms with Gasteiger partial charge in [0, 0.05) is 11.5 Å². The maximum Gasteiger partial charge on any atom is 0.240 e. The topological polar surface area (TPSA) is 67.8 Å². The Labute approximate surface area is 81.8 Å². The van der Waals surface area contributed by atoms with E-state index in [0.717, 1.165) is 18.0 Å². The van der Waals surface area contributed by atoms with Crippen molar-refractivity contribution in [1.29, 1.82) is 0 Å². The lowest BCUT2D eigenvalue weighted by molar-refractivity contribution is -0.115. The van der Waals surface area contributed by atoms with Gasteiger partial charge < -0.3 is 0 Å². The van der Waals surface area contributed by atoms with Crippen LogP contribution in [0.4, 0.5) is 5.13 Å². The molecule has 1 rings (SSSR count). The molecule has 0 spiro atoms. The number of hydrogen-bond acceptors (Lipinski definition) is 5. The van der Waals surface area contributed by atoms with Crippen LogP contribution < -0.4 is 5.32 Å². The van der Waals surface area contributed by atoms with E-state index >= 15 is 0 Å². The van der Waals surface area contributed by atoms with Gasteiger partial charge in [0.1, 0.15) is 0 Å². The van der Waals surface area contributed by atoms with Crippen molar-refractivity contribution in [3.63, 3.8) is 0 Å². The second-order valence-electron chi connectivity index (χ2n) is 2.03. The van der Waals surface area contributed by atoms with Gasteiger partial charge in [0.05, 0.1) is 4.83 Å². The fraction of sp³-hybridized carbons (Fsp3) is 0.600. The molecule has 0 aliphatic rings. The molecule has 1 aromatic rings. The summed E-state index contributed by atoms with van der Waals surface area (Å²) in [5.41, 5.74) is 0. The maximum atomic E-state index is 11.2. The van der Waals surface area contributed by atoms with Crippen LogP contribution in [0.5, 0.6) is 0 Å². The third-order valence-corrected chi connectivity index (χ3v) is 2.75. The highest BCUT2D eigenvalue weighted by atomic mass is 79.9. The van der Waals surface area contributed by atoms with E-state index in [0.29, 0.717) is 5.13 Å². The van der Waals surface area contributed by atoms with Gasteiger partial charge in [0.15, 0.2) is 0 Å². The lowest BCUT2D eigenvalue weighted by Crippen LogP contribution is -2.21. The van der Waals surface area contributed by atoms with Crippen LogP contribution in [0.3, 0.4) is 0 Å². The number of rotatable bonds is 3. The normalized spacial score (nSPS) is 12.5. The Morgan fingerprint density at radius 3 is 3.08 bits per heavy atom. The minimum Gasteiger partial charge on any atom is -0.298 e. The van der Waals surface area contributed by atoms with Crippen LogP contribution in [0, 0.1) is 0 Å². The van der Waals surface area contributed by atoms with Crippen LogP contribution in [0.25, 0.3) is 0 Å². The molecule has 66 valence electrons. The number of amides is 1. The molecule has 0 radical (unpaired) electrons. The van der Waals surface area contributed by atoms with E-state index in [2.05, 4.69) is 36.0 Å². The molecule has 1 unspecified atom stereocenters. The van der Waals surface area contributed by atoms with E-state index in [-0.39, 0.29) is 10.7 Å². The number of nitrogens with zero attached hydrogens (tertiary/aromatic N) is 3. The quantitative estimate of drug-likeness (QED) is 0.815. The van der Waals surface area contributed by atoms with E-state index in [1.165, 1.54) is 0 Å². The molecule has 0 saturated heterocycles. The summed E-state index contributed by atoms with van der Waals surface area (Å²) in [6.07, 6.45) is 0.734. The molecule has 1 heterocycles. The van der Waals surface area contributed by atoms with Crippen molar-refractivity contribution in [2.24, 2.45) is 0 Å². The zero-order chi connectivity index (χ0) is 8.97. The van der Waals surface area contributed by atoms with Crippen molar-refractivity contribution in [3.05, 3.63) is 0 Å². The Bertz CT molecular complexity index is 252. The van der Waals surface area contributed by atoms with Gasteiger partial charge in [-0.2, -0.15) is 0 Å². The maximum absolute atomic E-state index is 11.2. The molecule has 1 atom stereocenters. The van der Waals surface area contributed by atoms with Gasteiger partial charge >= 0.3 is 0 Å². The summed E-state index contributed by atoms with van der Waals surface area (Å²) in [7, 11) is 0. The number of aromatic nitrogens is 3. The minimum absolute atomic E-state index is 0.115. The first kappa shape index (κ1) is 9.53. The molecule has 0 saturated carbocycles. The predicted molar refractivity (Wildman–Crippen MR) is 49.3 cm³/mol. The molecule has 7 heteroatoms. The number of nitrogens with one attached hydrogen (secondary N) is 1. The van der Waals surface area contributed by atoms with Gasteiger partial charge in [-0.05, 0) is 11.6 Å². The van der Waals surface area contributed by atoms with Gasteiger partial charge in [-0.1, -0.05) is 32.4 Å². The highest BCUT2D eigenvalue weighted by Gasteiger charge is 2.13. The molecule has 0 aromatic carbocycles. The highest BCUT2D eigenvalue weighted by Crippen LogP contribution is 2.10. The Hall–Kier alpha value is -0.560. The molecule has 1 aromatic heterocycles. The zero-order valence-corrected chi connectivity index (χ0v) is 8.72. The van der Waals surface area contributed by atoms with E-state index in [1.54, 1.807) is 0 Å². The summed E-state index contributed by atoms with van der Waals surface area (Å²) < 4.78 is 3.51. The summed E-state index contributed by atoms with van der Waals surface area (Å²) in [5.74, 6) is -0.115. The smallest absolute Gasteiger partial charge is 0.240 e. The molecule has 5 nitrogen and oxygen atoms in total. The molecule has 0 fully saturated rings. The Morgan fingerprint density at radius 2 is 2.58 bits per heavy atom. The summed E-state index contributed by atoms with van der Waals surface area (Å²) in [6, 6.07) is 0. The van der Waals surface area contributed by atoms with Crippen molar-refractivity contribution < 1.29 is 4.79 Å². The third kappa shape index (κ3) is 2.49. The highest BCUT2D eigenvalue weighted by molar-refractivity contribution is 9.10. The average molecular weight is 251 g/mol. The van der Waals surface area contributed by atoms with Gasteiger partial charge in [-0.25, -0.2) is 0 Å². The SMILES string of the molecule is CCC(Br)C(=O)Nc1nnns1. The predicted octanol–water partition coefficient (Wildman–Crippen LogP) is 1.05. The van der Waals surface area contributed by atoms with Crippen molar-refractivity contribution in [3.8, 4) is 0 Å². The average Bonchev–Trinajstić information content (AvgIpc) is 2.55. The molecular formula is C5H7BrN4OS. The van der Waals surface area contributed by atoms with E-state index in [1.807, 2.05) is 6.92 Å². The summed E-state index contributed by atoms with van der Waals surface area (Å²) >= 11 is 4.27. The molecule has 1 N–H and O–H groups in total. The third-order valence-electron chi connectivity index (χ3n) is 1.17. The summed E-state index contributed by atoms with van der Waals surface area (Å²) in [4.78, 5) is 11.0. The summed E-state index contributed by atoms with van der Waals surface area (Å²) in [6.45, 7) is 1.91. The lowest BCUT2D eigenvalue weighted by Gasteiger charge is -2.03. The van der Waals surface area contributed by atoms with Crippen molar-refractivity contribution >= 4 is 38.5 Å². The summed E-state index contributed by atoms with van der Waals surface area (Å²) in [5, 5.41) is 9.92. The monoisotopic (exact) mass is 250 g/mol. The molecule has 12 heavy (non-hydrogen) atoms. The fourth-order valence-corrected chi connectivity index (χ4v) is 1.04. The van der Waals surface area contributed by atoms with Gasteiger partial charge in [0.2, 0.25) is 11.0 Å². The van der Waals surface area contributed by atoms with Crippen LogP contribution in [-0.4, -0.2) is 25.5 Å². The number of alkyl halides is 1. The van der Waals surface area contributed by atoms with Crippen LogP contribution in [-0.2, 0) is 4.79 Å². The first-order chi connectivity index (χ1) is 5.74. The molecule has 1 amide bonds. The number of halogens is 1. The van der Waals surface area contributed by atoms with Crippen LogP contribution >= 0.6 is 27.5 Å². The Morgan fingerprint density at radius 1 is 1.83 bits per heavy atom. The first-order valence-corrected chi connectivity index (χ1v) is 5.03. The van der Waals surface area contributed by atoms with Crippen LogP contribution in [0.15, 0.2) is 0 Å². The van der Waals surface area contributed by atoms with Crippen molar-refractivity contribution in [1.82, 2.24) is 14.8 Å². The number of hydrogen-bond donors (Lipinski definition) is 1. The first-order valence-electron chi connectivity index (χ1n) is 3.34. The van der Waals surface area contributed by atoms with Gasteiger partial charge in [-0.15, -0.1) is 0 Å². The van der Waals surface area contributed by atoms with E-state index in [9.17, 15) is 4.79 Å². The number of carbonyl (C=O) groups is 1. The van der Waals surface area contributed by atoms with Crippen LogP contribution in [0.1, 0.15) is 13.3 Å². The van der Waals surface area contributed by atoms with Gasteiger partial charge in [-0.3, -0.25) is 10.1 Å². The molecule has 0 aliphatic heterocycles. The number of carbonyl (C=O) groups excluding carboxylic acids is 1. The number of anilines is 1. The fourth-order valence-electron chi connectivity index (χ4n) is 0.551. The Kier molecular flexibility index (Phi) is 3.54. The zero-order valence-electron chi connectivity index (χ0n) is 6.32. The molecule has 0 bridgehead atoms. The Balaban J connectivity index is 2.47. The van der Waals surface area contributed by atoms with Gasteiger partial charge in [0.25, 0.3) is 0 Å². The van der Waals surface area contributed by atoms with Crippen molar-refractivity contribution in [2.45, 2.75) is 18.2 Å². The van der Waals surface area contributed by atoms with E-state index in [4.69, 9.17) is 0 Å².